The van der Waals surface area contributed by atoms with Crippen LogP contribution in [0.1, 0.15) is 5.56 Å². The molecule has 1 unspecified atom stereocenters. The summed E-state index contributed by atoms with van der Waals surface area (Å²) in [5.74, 6) is 8.40. The molecule has 1 atom stereocenters. The Bertz CT molecular complexity index is 1150. The summed E-state index contributed by atoms with van der Waals surface area (Å²) in [5, 5.41) is 0. The van der Waals surface area contributed by atoms with Crippen molar-refractivity contribution >= 4 is 12.1 Å². The second-order valence-corrected chi connectivity index (χ2v) is 6.81. The summed E-state index contributed by atoms with van der Waals surface area (Å²) < 4.78 is 5.28. The highest BCUT2D eigenvalue weighted by Crippen LogP contribution is 2.36. The molecule has 136 valence electrons. The van der Waals surface area contributed by atoms with E-state index in [0.717, 1.165) is 45.2 Å². The van der Waals surface area contributed by atoms with Crippen LogP contribution in [0.2, 0.25) is 0 Å². The Labute approximate surface area is 163 Å². The predicted molar refractivity (Wildman–Crippen MR) is 111 cm³/mol. The molecule has 2 aromatic rings. The fourth-order valence-electron chi connectivity index (χ4n) is 3.56. The van der Waals surface area contributed by atoms with Gasteiger partial charge in [-0.2, -0.15) is 10.8 Å². The fraction of sp³-hybridized carbons (Fsp3) is 0.0435. The Morgan fingerprint density at radius 3 is 2.50 bits per heavy atom. The van der Waals surface area contributed by atoms with Crippen molar-refractivity contribution in [2.24, 2.45) is 15.8 Å². The topological polar surface area (TPSA) is 60.0 Å². The lowest BCUT2D eigenvalue weighted by Crippen LogP contribution is -2.53. The van der Waals surface area contributed by atoms with E-state index < -0.39 is 0 Å². The zero-order chi connectivity index (χ0) is 19.1. The van der Waals surface area contributed by atoms with E-state index in [2.05, 4.69) is 17.1 Å². The maximum Gasteiger partial charge on any atom is 0.265 e. The van der Waals surface area contributed by atoms with Crippen molar-refractivity contribution in [2.75, 3.05) is 7.11 Å². The van der Waals surface area contributed by atoms with Crippen LogP contribution in [-0.4, -0.2) is 23.8 Å². The number of quaternary nitrogens is 1. The summed E-state index contributed by atoms with van der Waals surface area (Å²) in [7, 11) is 1.67. The third-order valence-electron chi connectivity index (χ3n) is 5.16. The summed E-state index contributed by atoms with van der Waals surface area (Å²) >= 11 is 0. The molecule has 0 saturated heterocycles. The number of hydrogen-bond donors (Lipinski definition) is 1. The molecule has 5 rings (SSSR count). The molecule has 0 fully saturated rings. The highest BCUT2D eigenvalue weighted by molar-refractivity contribution is 6.02. The number of nitrogens with zero attached hydrogens (tertiary/aromatic N) is 3. The van der Waals surface area contributed by atoms with Gasteiger partial charge >= 0.3 is 0 Å². The van der Waals surface area contributed by atoms with E-state index in [0.29, 0.717) is 0 Å². The van der Waals surface area contributed by atoms with Gasteiger partial charge in [0.15, 0.2) is 0 Å². The Kier molecular flexibility index (Phi) is 3.72. The first-order chi connectivity index (χ1) is 13.7. The van der Waals surface area contributed by atoms with Crippen LogP contribution in [0, 0.1) is 0 Å². The second-order valence-electron chi connectivity index (χ2n) is 6.81. The third-order valence-corrected chi connectivity index (χ3v) is 5.16. The molecule has 2 aliphatic heterocycles. The molecule has 0 saturated carbocycles. The van der Waals surface area contributed by atoms with Gasteiger partial charge in [0.2, 0.25) is 5.70 Å². The van der Waals surface area contributed by atoms with Crippen molar-refractivity contribution in [2.45, 2.75) is 0 Å². The van der Waals surface area contributed by atoms with E-state index in [1.165, 1.54) is 0 Å². The van der Waals surface area contributed by atoms with Crippen LogP contribution in [0.4, 0.5) is 0 Å². The van der Waals surface area contributed by atoms with Gasteiger partial charge in [0, 0.05) is 5.57 Å². The molecule has 0 bridgehead atoms. The molecule has 2 aromatic carbocycles. The van der Waals surface area contributed by atoms with E-state index >= 15 is 0 Å². The lowest BCUT2D eigenvalue weighted by atomic mass is 10.0. The predicted octanol–water partition coefficient (Wildman–Crippen LogP) is 4.08. The van der Waals surface area contributed by atoms with E-state index in [9.17, 15) is 0 Å². The third kappa shape index (κ3) is 2.49. The Balaban J connectivity index is 1.58. The number of nitrogens with two attached hydrogens (primary N) is 1. The van der Waals surface area contributed by atoms with E-state index in [-0.39, 0.29) is 4.59 Å². The minimum atomic E-state index is 0.0239. The molecule has 1 aliphatic carbocycles. The molecule has 0 aromatic heterocycles. The van der Waals surface area contributed by atoms with Gasteiger partial charge in [0.1, 0.15) is 17.6 Å². The van der Waals surface area contributed by atoms with Crippen LogP contribution in [0.3, 0.4) is 0 Å². The molecule has 0 amide bonds. The lowest BCUT2D eigenvalue weighted by molar-refractivity contribution is -0.750. The number of allylic oxidation sites excluding steroid dienone is 4. The van der Waals surface area contributed by atoms with E-state index in [1.807, 2.05) is 60.8 Å². The molecular formula is C23H19N4O+. The minimum Gasteiger partial charge on any atom is -0.497 e. The summed E-state index contributed by atoms with van der Waals surface area (Å²) in [4.78, 5) is 9.19. The molecule has 2 heterocycles. The van der Waals surface area contributed by atoms with Crippen molar-refractivity contribution in [3.63, 3.8) is 0 Å². The van der Waals surface area contributed by atoms with Crippen molar-refractivity contribution in [3.8, 4) is 16.9 Å². The zero-order valence-electron chi connectivity index (χ0n) is 15.4. The first-order valence-corrected chi connectivity index (χ1v) is 9.05. The van der Waals surface area contributed by atoms with Gasteiger partial charge in [-0.15, -0.1) is 4.59 Å². The average Bonchev–Trinajstić information content (AvgIpc) is 3.00. The largest absolute Gasteiger partial charge is 0.497 e. The summed E-state index contributed by atoms with van der Waals surface area (Å²) in [6, 6.07) is 16.3. The van der Waals surface area contributed by atoms with Crippen LogP contribution in [-0.2, 0) is 0 Å². The van der Waals surface area contributed by atoms with Gasteiger partial charge < -0.3 is 4.74 Å². The van der Waals surface area contributed by atoms with Gasteiger partial charge in [-0.25, -0.2) is 0 Å². The number of aliphatic imine (C=N–C) groups is 2. The highest BCUT2D eigenvalue weighted by Gasteiger charge is 2.44. The molecule has 2 N–H and O–H groups in total. The Morgan fingerprint density at radius 2 is 1.79 bits per heavy atom. The SMILES string of the molecule is COc1ccc(-c2cccc(C3=NC(C4=CC=C4)=C4C=NC=C[N+]34N)c2)cc1. The van der Waals surface area contributed by atoms with Crippen molar-refractivity contribution < 1.29 is 9.33 Å². The van der Waals surface area contributed by atoms with Crippen LogP contribution in [0.5, 0.6) is 5.75 Å². The standard InChI is InChI=1S/C23H19N4O/c1-28-20-10-8-16(9-11-20)18-6-3-7-19(14-18)23-26-22(17-4-2-5-17)21-15-25-12-13-27(21,23)24/h2-15H,24H2,1H3/q+1. The van der Waals surface area contributed by atoms with E-state index in [1.54, 1.807) is 19.5 Å². The van der Waals surface area contributed by atoms with Crippen LogP contribution in [0.15, 0.2) is 106 Å². The lowest BCUT2D eigenvalue weighted by Gasteiger charge is -2.26. The van der Waals surface area contributed by atoms with Gasteiger partial charge in [-0.1, -0.05) is 42.5 Å². The first-order valence-electron chi connectivity index (χ1n) is 9.05. The maximum atomic E-state index is 6.78. The molecular weight excluding hydrogens is 348 g/mol. The quantitative estimate of drug-likeness (QED) is 0.654. The van der Waals surface area contributed by atoms with Crippen LogP contribution in [0.25, 0.3) is 11.1 Å². The van der Waals surface area contributed by atoms with Crippen LogP contribution < -0.4 is 10.6 Å². The van der Waals surface area contributed by atoms with Gasteiger partial charge in [0.05, 0.1) is 25.1 Å². The smallest absolute Gasteiger partial charge is 0.265 e. The number of hydrogen-bond acceptors (Lipinski definition) is 4. The summed E-state index contributed by atoms with van der Waals surface area (Å²) in [6.07, 6.45) is 11.5. The Morgan fingerprint density at radius 1 is 1.00 bits per heavy atom. The summed E-state index contributed by atoms with van der Waals surface area (Å²) in [6.45, 7) is 0. The maximum absolute atomic E-state index is 6.78. The number of fused-ring (bicyclic) bond motifs is 1. The van der Waals surface area contributed by atoms with Crippen molar-refractivity contribution in [1.29, 1.82) is 0 Å². The van der Waals surface area contributed by atoms with E-state index in [4.69, 9.17) is 15.6 Å². The summed E-state index contributed by atoms with van der Waals surface area (Å²) in [5.41, 5.74) is 6.02. The van der Waals surface area contributed by atoms with Gasteiger partial charge in [-0.3, -0.25) is 4.99 Å². The molecule has 28 heavy (non-hydrogen) atoms. The molecule has 0 spiro atoms. The number of ether oxygens (including phenoxy) is 1. The fourth-order valence-corrected chi connectivity index (χ4v) is 3.56. The molecule has 5 heteroatoms. The van der Waals surface area contributed by atoms with Gasteiger partial charge in [0.25, 0.3) is 5.84 Å². The average molecular weight is 367 g/mol. The zero-order valence-corrected chi connectivity index (χ0v) is 15.4. The monoisotopic (exact) mass is 367 g/mol. The molecule has 0 radical (unpaired) electrons. The number of methoxy groups -OCH3 is 1. The van der Waals surface area contributed by atoms with Crippen molar-refractivity contribution in [1.82, 2.24) is 0 Å². The number of benzene rings is 2. The highest BCUT2D eigenvalue weighted by atomic mass is 16.5. The second kappa shape index (κ2) is 6.27. The molecule has 5 nitrogen and oxygen atoms in total. The first kappa shape index (κ1) is 16.6. The normalized spacial score (nSPS) is 21.9. The van der Waals surface area contributed by atoms with Gasteiger partial charge in [-0.05, 0) is 35.4 Å². The number of rotatable bonds is 4. The van der Waals surface area contributed by atoms with Crippen LogP contribution >= 0.6 is 0 Å². The Hall–Kier alpha value is -3.54. The number of amidine groups is 1. The minimum absolute atomic E-state index is 0.0239. The molecule has 3 aliphatic rings. The van der Waals surface area contributed by atoms with Crippen molar-refractivity contribution in [3.05, 3.63) is 102 Å².